The zero-order valence-corrected chi connectivity index (χ0v) is 16.9. The molecule has 0 bridgehead atoms. The van der Waals surface area contributed by atoms with E-state index in [2.05, 4.69) is 22.8 Å². The van der Waals surface area contributed by atoms with Crippen LogP contribution in [0.3, 0.4) is 0 Å². The van der Waals surface area contributed by atoms with Gasteiger partial charge < -0.3 is 15.4 Å². The van der Waals surface area contributed by atoms with Gasteiger partial charge in [0.05, 0.1) is 12.6 Å². The summed E-state index contributed by atoms with van der Waals surface area (Å²) in [5.41, 5.74) is 1.17. The molecule has 162 valence electrons. The van der Waals surface area contributed by atoms with E-state index in [1.165, 1.54) is 10.5 Å². The smallest absolute Gasteiger partial charge is 0.373 e. The summed E-state index contributed by atoms with van der Waals surface area (Å²) in [6, 6.07) is 10.2. The summed E-state index contributed by atoms with van der Waals surface area (Å²) in [6.45, 7) is 4.04. The van der Waals surface area contributed by atoms with Gasteiger partial charge >= 0.3 is 6.18 Å². The molecule has 3 atom stereocenters. The minimum Gasteiger partial charge on any atom is -0.373 e. The molecule has 0 amide bonds. The molecule has 2 heterocycles. The number of alkyl halides is 3. The molecule has 8 heteroatoms. The number of hydrogen-bond acceptors (Lipinski definition) is 3. The van der Waals surface area contributed by atoms with Gasteiger partial charge in [-0.05, 0) is 31.7 Å². The Morgan fingerprint density at radius 1 is 1.24 bits per heavy atom. The van der Waals surface area contributed by atoms with E-state index in [0.29, 0.717) is 38.6 Å². The van der Waals surface area contributed by atoms with Gasteiger partial charge in [0.25, 0.3) is 0 Å². The van der Waals surface area contributed by atoms with E-state index in [0.717, 1.165) is 19.4 Å². The van der Waals surface area contributed by atoms with Crippen molar-refractivity contribution in [2.45, 2.75) is 44.5 Å². The van der Waals surface area contributed by atoms with Crippen LogP contribution in [-0.4, -0.2) is 62.4 Å². The van der Waals surface area contributed by atoms with Gasteiger partial charge in [-0.1, -0.05) is 30.3 Å². The lowest BCUT2D eigenvalue weighted by molar-refractivity contribution is -0.143. The zero-order valence-electron chi connectivity index (χ0n) is 16.9. The number of nitrogens with one attached hydrogen (secondary N) is 2. The molecule has 2 fully saturated rings. The fourth-order valence-corrected chi connectivity index (χ4v) is 4.11. The summed E-state index contributed by atoms with van der Waals surface area (Å²) in [7, 11) is 0. The normalized spacial score (nSPS) is 26.5. The highest BCUT2D eigenvalue weighted by Crippen LogP contribution is 2.33. The second-order valence-corrected chi connectivity index (χ2v) is 7.80. The molecule has 3 rings (SSSR count). The predicted octanol–water partition coefficient (Wildman–Crippen LogP) is 3.35. The van der Waals surface area contributed by atoms with E-state index >= 15 is 0 Å². The first-order valence-corrected chi connectivity index (χ1v) is 10.4. The van der Waals surface area contributed by atoms with E-state index < -0.39 is 12.7 Å². The maximum Gasteiger partial charge on any atom is 0.401 e. The summed E-state index contributed by atoms with van der Waals surface area (Å²) >= 11 is 0. The Balaban J connectivity index is 1.58. The van der Waals surface area contributed by atoms with Gasteiger partial charge in [0, 0.05) is 44.7 Å². The molecule has 0 saturated carbocycles. The Bertz CT molecular complexity index is 653. The van der Waals surface area contributed by atoms with E-state index in [-0.39, 0.29) is 18.1 Å². The fourth-order valence-electron chi connectivity index (χ4n) is 4.11. The molecule has 1 aromatic rings. The lowest BCUT2D eigenvalue weighted by atomic mass is 9.89. The second-order valence-electron chi connectivity index (χ2n) is 7.80. The highest BCUT2D eigenvalue weighted by atomic mass is 19.4. The predicted molar refractivity (Wildman–Crippen MR) is 108 cm³/mol. The monoisotopic (exact) mass is 412 g/mol. The van der Waals surface area contributed by atoms with Crippen molar-refractivity contribution < 1.29 is 17.9 Å². The molecule has 2 aliphatic heterocycles. The van der Waals surface area contributed by atoms with Crippen LogP contribution in [0.1, 0.15) is 37.9 Å². The first-order valence-electron chi connectivity index (χ1n) is 10.4. The van der Waals surface area contributed by atoms with Crippen molar-refractivity contribution in [2.75, 3.05) is 39.3 Å². The molecule has 1 aromatic carbocycles. The van der Waals surface area contributed by atoms with E-state index in [1.807, 2.05) is 25.1 Å². The van der Waals surface area contributed by atoms with Gasteiger partial charge in [-0.2, -0.15) is 13.2 Å². The molecule has 2 aliphatic rings. The van der Waals surface area contributed by atoms with E-state index in [9.17, 15) is 13.2 Å². The van der Waals surface area contributed by atoms with Crippen molar-refractivity contribution >= 4 is 5.96 Å². The summed E-state index contributed by atoms with van der Waals surface area (Å²) < 4.78 is 43.9. The van der Waals surface area contributed by atoms with Gasteiger partial charge in [0.2, 0.25) is 0 Å². The van der Waals surface area contributed by atoms with Crippen molar-refractivity contribution in [3.05, 3.63) is 35.9 Å². The average molecular weight is 413 g/mol. The molecule has 2 saturated heterocycles. The average Bonchev–Trinajstić information content (AvgIpc) is 3.12. The molecule has 0 aliphatic carbocycles. The summed E-state index contributed by atoms with van der Waals surface area (Å²) in [6.07, 6.45) is -1.38. The van der Waals surface area contributed by atoms with Crippen LogP contribution in [0.15, 0.2) is 35.3 Å². The lowest BCUT2D eigenvalue weighted by Gasteiger charge is -2.31. The largest absolute Gasteiger partial charge is 0.401 e. The van der Waals surface area contributed by atoms with Crippen LogP contribution in [0.25, 0.3) is 0 Å². The minimum atomic E-state index is -4.15. The van der Waals surface area contributed by atoms with Gasteiger partial charge in [-0.3, -0.25) is 9.89 Å². The third-order valence-corrected chi connectivity index (χ3v) is 5.42. The third-order valence-electron chi connectivity index (χ3n) is 5.42. The number of halogens is 3. The molecule has 0 aromatic heterocycles. The summed E-state index contributed by atoms with van der Waals surface area (Å²) in [5.74, 6) is 0.954. The lowest BCUT2D eigenvalue weighted by Crippen LogP contribution is -2.45. The molecule has 5 nitrogen and oxygen atoms in total. The number of rotatable bonds is 6. The number of ether oxygens (including phenoxy) is 1. The van der Waals surface area contributed by atoms with Gasteiger partial charge in [-0.25, -0.2) is 0 Å². The molecule has 0 spiro atoms. The molecular formula is C21H31F3N4O. The SMILES string of the molecule is CCNC(=NCC1CCCOC1c1ccccc1)NC1CCN(CC(F)(F)F)C1. The molecular weight excluding hydrogens is 381 g/mol. The van der Waals surface area contributed by atoms with E-state index in [4.69, 9.17) is 9.73 Å². The van der Waals surface area contributed by atoms with E-state index in [1.54, 1.807) is 0 Å². The van der Waals surface area contributed by atoms with Crippen LogP contribution in [0.4, 0.5) is 13.2 Å². The van der Waals surface area contributed by atoms with Gasteiger partial charge in [0.15, 0.2) is 5.96 Å². The van der Waals surface area contributed by atoms with Crippen molar-refractivity contribution in [3.63, 3.8) is 0 Å². The Hall–Kier alpha value is -1.80. The van der Waals surface area contributed by atoms with Crippen molar-refractivity contribution in [1.82, 2.24) is 15.5 Å². The van der Waals surface area contributed by atoms with Crippen LogP contribution in [0, 0.1) is 5.92 Å². The quantitative estimate of drug-likeness (QED) is 0.556. The van der Waals surface area contributed by atoms with Crippen molar-refractivity contribution in [1.29, 1.82) is 0 Å². The molecule has 0 radical (unpaired) electrons. The van der Waals surface area contributed by atoms with Crippen LogP contribution in [0.5, 0.6) is 0 Å². The Morgan fingerprint density at radius 3 is 2.76 bits per heavy atom. The maximum atomic E-state index is 12.6. The Kier molecular flexibility index (Phi) is 7.77. The number of guanidine groups is 1. The molecule has 3 unspecified atom stereocenters. The Labute approximate surface area is 170 Å². The highest BCUT2D eigenvalue weighted by molar-refractivity contribution is 5.80. The first-order chi connectivity index (χ1) is 13.9. The highest BCUT2D eigenvalue weighted by Gasteiger charge is 2.34. The van der Waals surface area contributed by atoms with Crippen molar-refractivity contribution in [2.24, 2.45) is 10.9 Å². The molecule has 29 heavy (non-hydrogen) atoms. The second kappa shape index (κ2) is 10.3. The van der Waals surface area contributed by atoms with Crippen LogP contribution in [-0.2, 0) is 4.74 Å². The summed E-state index contributed by atoms with van der Waals surface area (Å²) in [4.78, 5) is 6.20. The van der Waals surface area contributed by atoms with Gasteiger partial charge in [-0.15, -0.1) is 0 Å². The molecule has 2 N–H and O–H groups in total. The van der Waals surface area contributed by atoms with Crippen LogP contribution >= 0.6 is 0 Å². The van der Waals surface area contributed by atoms with Gasteiger partial charge in [0.1, 0.15) is 0 Å². The zero-order chi connectivity index (χ0) is 20.7. The fraction of sp³-hybridized carbons (Fsp3) is 0.667. The number of benzene rings is 1. The van der Waals surface area contributed by atoms with Crippen molar-refractivity contribution in [3.8, 4) is 0 Å². The number of aliphatic imine (C=N–C) groups is 1. The maximum absolute atomic E-state index is 12.6. The minimum absolute atomic E-state index is 0.0253. The number of hydrogen-bond donors (Lipinski definition) is 2. The standard InChI is InChI=1S/C21H31F3N4O/c1-2-25-20(27-18-10-11-28(14-18)15-21(22,23)24)26-13-17-9-6-12-29-19(17)16-7-4-3-5-8-16/h3-5,7-8,17-19H,2,6,9-15H2,1H3,(H2,25,26,27). The summed E-state index contributed by atoms with van der Waals surface area (Å²) in [5, 5.41) is 6.54. The topological polar surface area (TPSA) is 48.9 Å². The number of nitrogens with zero attached hydrogens (tertiary/aromatic N) is 2. The van der Waals surface area contributed by atoms with Crippen LogP contribution in [0.2, 0.25) is 0 Å². The first kappa shape index (κ1) is 21.9. The number of likely N-dealkylation sites (tertiary alicyclic amines) is 1. The Morgan fingerprint density at radius 2 is 2.03 bits per heavy atom. The third kappa shape index (κ3) is 6.89. The van der Waals surface area contributed by atoms with Crippen LogP contribution < -0.4 is 10.6 Å².